The highest BCUT2D eigenvalue weighted by Crippen LogP contribution is 2.36. The molecule has 3 aromatic carbocycles. The molecule has 2 saturated heterocycles. The number of hydrogen-bond acceptors (Lipinski definition) is 9. The molecule has 4 aromatic rings. The van der Waals surface area contributed by atoms with Crippen LogP contribution in [0.5, 0.6) is 17.2 Å². The average molecular weight is 668 g/mol. The zero-order chi connectivity index (χ0) is 33.5. The van der Waals surface area contributed by atoms with Crippen LogP contribution in [-0.2, 0) is 22.7 Å². The largest absolute Gasteiger partial charge is 0.493 e. The summed E-state index contributed by atoms with van der Waals surface area (Å²) in [5.74, 6) is 1.60. The van der Waals surface area contributed by atoms with Crippen molar-refractivity contribution in [3.8, 4) is 34.4 Å². The fraction of sp³-hybridized carbons (Fsp3) is 0.342. The van der Waals surface area contributed by atoms with Gasteiger partial charge in [0, 0.05) is 30.6 Å². The Labute approximate surface area is 285 Å². The first-order valence-electron chi connectivity index (χ1n) is 16.1. The minimum atomic E-state index is 0.123. The highest BCUT2D eigenvalue weighted by atomic mass is 35.5. The van der Waals surface area contributed by atoms with Gasteiger partial charge in [0.15, 0.2) is 6.29 Å². The minimum Gasteiger partial charge on any atom is -0.493 e. The van der Waals surface area contributed by atoms with E-state index >= 15 is 0 Å². The number of hydrogen-bond donors (Lipinski definition) is 0. The smallest absolute Gasteiger partial charge is 0.153 e. The van der Waals surface area contributed by atoms with Gasteiger partial charge in [0.05, 0.1) is 61.3 Å². The second-order valence-corrected chi connectivity index (χ2v) is 12.5. The summed E-state index contributed by atoms with van der Waals surface area (Å²) in [5.41, 5.74) is 6.79. The summed E-state index contributed by atoms with van der Waals surface area (Å²) < 4.78 is 29.9. The first kappa shape index (κ1) is 33.4. The number of nitrogens with zero attached hydrogens (tertiary/aromatic N) is 3. The Kier molecular flexibility index (Phi) is 10.9. The van der Waals surface area contributed by atoms with Gasteiger partial charge in [-0.15, -0.1) is 0 Å². The average Bonchev–Trinajstić information content (AvgIpc) is 3.10. The number of pyridine rings is 1. The lowest BCUT2D eigenvalue weighted by atomic mass is 9.93. The maximum absolute atomic E-state index is 11.8. The fourth-order valence-corrected chi connectivity index (χ4v) is 6.49. The lowest BCUT2D eigenvalue weighted by Gasteiger charge is -2.45. The molecule has 6 rings (SSSR count). The van der Waals surface area contributed by atoms with Crippen molar-refractivity contribution in [2.75, 3.05) is 39.6 Å². The monoisotopic (exact) mass is 667 g/mol. The number of fused-ring (bicyclic) bond motifs is 2. The van der Waals surface area contributed by atoms with Gasteiger partial charge in [-0.3, -0.25) is 14.7 Å². The number of morpholine rings is 2. The van der Waals surface area contributed by atoms with Crippen LogP contribution in [0, 0.1) is 25.2 Å². The van der Waals surface area contributed by atoms with Crippen LogP contribution in [0.3, 0.4) is 0 Å². The Morgan fingerprint density at radius 2 is 1.60 bits per heavy atom. The van der Waals surface area contributed by atoms with Crippen molar-refractivity contribution in [2.24, 2.45) is 0 Å². The van der Waals surface area contributed by atoms with E-state index in [1.807, 2.05) is 24.3 Å². The molecule has 3 heterocycles. The maximum Gasteiger partial charge on any atom is 0.153 e. The van der Waals surface area contributed by atoms with E-state index in [4.69, 9.17) is 40.5 Å². The Hall–Kier alpha value is -4.46. The number of ether oxygens (including phenoxy) is 5. The highest BCUT2D eigenvalue weighted by Gasteiger charge is 2.34. The number of carbonyl (C=O) groups excluding carboxylic acids is 1. The topological polar surface area (TPSA) is 103 Å². The Bertz CT molecular complexity index is 1790. The first-order chi connectivity index (χ1) is 23.4. The lowest BCUT2D eigenvalue weighted by Crippen LogP contribution is -2.59. The van der Waals surface area contributed by atoms with Gasteiger partial charge in [-0.1, -0.05) is 41.9 Å². The van der Waals surface area contributed by atoms with E-state index in [-0.39, 0.29) is 13.2 Å². The number of aldehydes is 1. The van der Waals surface area contributed by atoms with Crippen LogP contribution in [0.1, 0.15) is 44.6 Å². The molecule has 48 heavy (non-hydrogen) atoms. The molecule has 9 nitrogen and oxygen atoms in total. The SMILES string of the molecule is Cc1c(COc2cc(OCc3cncc(C#N)c3)c(C=O)cc2Cl)cccc1-c1cccc(OCCCN2[C@H]3COC[C@H]2COC3)c1C. The number of nitriles is 1. The summed E-state index contributed by atoms with van der Waals surface area (Å²) >= 11 is 6.52. The zero-order valence-electron chi connectivity index (χ0n) is 27.1. The molecule has 2 aliphatic rings. The Morgan fingerprint density at radius 1 is 0.896 bits per heavy atom. The van der Waals surface area contributed by atoms with Crippen LogP contribution < -0.4 is 14.2 Å². The molecule has 0 atom stereocenters. The molecule has 1 aromatic heterocycles. The second-order valence-electron chi connectivity index (χ2n) is 12.1. The molecule has 248 valence electrons. The van der Waals surface area contributed by atoms with Crippen molar-refractivity contribution in [2.45, 2.75) is 45.6 Å². The summed E-state index contributed by atoms with van der Waals surface area (Å²) in [4.78, 5) is 18.3. The molecule has 10 heteroatoms. The number of carbonyl (C=O) groups is 1. The quantitative estimate of drug-likeness (QED) is 0.113. The number of benzene rings is 3. The summed E-state index contributed by atoms with van der Waals surface area (Å²) in [6.07, 6.45) is 4.71. The van der Waals surface area contributed by atoms with Crippen molar-refractivity contribution in [1.82, 2.24) is 9.88 Å². The molecule has 0 radical (unpaired) electrons. The van der Waals surface area contributed by atoms with Crippen LogP contribution in [0.15, 0.2) is 67.0 Å². The molecular weight excluding hydrogens is 630 g/mol. The number of aromatic nitrogens is 1. The fourth-order valence-electron chi connectivity index (χ4n) is 6.27. The standard InChI is InChI=1S/C38H38ClN3O6/c1-25-29(20-48-38-14-37(30(18-43)13-35(38)39)47-19-28-12-27(15-40)16-41-17-28)6-3-7-33(25)34-8-4-9-36(26(34)2)46-11-5-10-42-31-21-44-23-32(42)24-45-22-31/h3-4,6-9,12-14,16-18,31-32H,5,10-11,19-24H2,1-2H3/t31-,32-. The molecular formula is C38H38ClN3O6. The van der Waals surface area contributed by atoms with E-state index in [2.05, 4.69) is 41.9 Å². The van der Waals surface area contributed by atoms with E-state index in [1.165, 1.54) is 12.3 Å². The first-order valence-corrected chi connectivity index (χ1v) is 16.4. The Balaban J connectivity index is 1.11. The molecule has 2 bridgehead atoms. The van der Waals surface area contributed by atoms with Gasteiger partial charge in [-0.05, 0) is 66.3 Å². The van der Waals surface area contributed by atoms with Crippen molar-refractivity contribution in [3.63, 3.8) is 0 Å². The molecule has 0 aliphatic carbocycles. The third kappa shape index (κ3) is 7.64. The highest BCUT2D eigenvalue weighted by molar-refractivity contribution is 6.32. The Morgan fingerprint density at radius 3 is 2.33 bits per heavy atom. The van der Waals surface area contributed by atoms with Crippen molar-refractivity contribution >= 4 is 17.9 Å². The third-order valence-electron chi connectivity index (χ3n) is 8.91. The van der Waals surface area contributed by atoms with Crippen LogP contribution in [0.25, 0.3) is 11.1 Å². The summed E-state index contributed by atoms with van der Waals surface area (Å²) in [5, 5.41) is 9.46. The zero-order valence-corrected chi connectivity index (χ0v) is 27.9. The van der Waals surface area contributed by atoms with Crippen LogP contribution in [-0.4, -0.2) is 67.8 Å². The van der Waals surface area contributed by atoms with Gasteiger partial charge in [-0.25, -0.2) is 0 Å². The van der Waals surface area contributed by atoms with E-state index in [9.17, 15) is 4.79 Å². The summed E-state index contributed by atoms with van der Waals surface area (Å²) in [7, 11) is 0. The maximum atomic E-state index is 11.8. The van der Waals surface area contributed by atoms with Gasteiger partial charge in [0.2, 0.25) is 0 Å². The minimum absolute atomic E-state index is 0.123. The van der Waals surface area contributed by atoms with E-state index in [1.54, 1.807) is 18.3 Å². The molecule has 2 fully saturated rings. The van der Waals surface area contributed by atoms with Gasteiger partial charge in [-0.2, -0.15) is 5.26 Å². The number of rotatable bonds is 13. The van der Waals surface area contributed by atoms with Gasteiger partial charge < -0.3 is 23.7 Å². The second kappa shape index (κ2) is 15.6. The van der Waals surface area contributed by atoms with Gasteiger partial charge in [0.1, 0.15) is 36.5 Å². The predicted molar refractivity (Wildman–Crippen MR) is 182 cm³/mol. The summed E-state index contributed by atoms with van der Waals surface area (Å²) in [6, 6.07) is 19.9. The molecule has 0 N–H and O–H groups in total. The predicted octanol–water partition coefficient (Wildman–Crippen LogP) is 6.73. The van der Waals surface area contributed by atoms with Gasteiger partial charge >= 0.3 is 0 Å². The summed E-state index contributed by atoms with van der Waals surface area (Å²) in [6.45, 7) is 9.08. The van der Waals surface area contributed by atoms with E-state index in [0.29, 0.717) is 58.2 Å². The van der Waals surface area contributed by atoms with Crippen molar-refractivity contribution in [1.29, 1.82) is 5.26 Å². The van der Waals surface area contributed by atoms with Crippen molar-refractivity contribution < 1.29 is 28.5 Å². The molecule has 0 spiro atoms. The third-order valence-corrected chi connectivity index (χ3v) is 9.21. The van der Waals surface area contributed by atoms with Crippen LogP contribution >= 0.6 is 11.6 Å². The number of halogens is 1. The van der Waals surface area contributed by atoms with Crippen LogP contribution in [0.4, 0.5) is 0 Å². The van der Waals surface area contributed by atoms with Crippen LogP contribution in [0.2, 0.25) is 5.02 Å². The normalized spacial score (nSPS) is 17.4. The molecule has 2 aliphatic heterocycles. The molecule has 0 saturated carbocycles. The van der Waals surface area contributed by atoms with Crippen molar-refractivity contribution in [3.05, 3.63) is 105 Å². The molecule has 0 unspecified atom stereocenters. The van der Waals surface area contributed by atoms with Gasteiger partial charge in [0.25, 0.3) is 0 Å². The molecule has 0 amide bonds. The van der Waals surface area contributed by atoms with E-state index in [0.717, 1.165) is 73.0 Å². The lowest BCUT2D eigenvalue weighted by molar-refractivity contribution is -0.137. The van der Waals surface area contributed by atoms with E-state index < -0.39 is 0 Å².